The Morgan fingerprint density at radius 1 is 1.08 bits per heavy atom. The highest BCUT2D eigenvalue weighted by Gasteiger charge is 2.14. The first-order chi connectivity index (χ1) is 11.7. The lowest BCUT2D eigenvalue weighted by molar-refractivity contribution is 0.102. The molecule has 0 spiro atoms. The van der Waals surface area contributed by atoms with Crippen LogP contribution in [0.1, 0.15) is 34.3 Å². The minimum Gasteiger partial charge on any atom is -0.407 e. The largest absolute Gasteiger partial charge is 0.407 e. The molecule has 0 aliphatic carbocycles. The number of hydrogen-bond acceptors (Lipinski definition) is 4. The molecular weight excluding hydrogens is 370 g/mol. The van der Waals surface area contributed by atoms with E-state index in [-0.39, 0.29) is 11.9 Å². The summed E-state index contributed by atoms with van der Waals surface area (Å²) in [4.78, 5) is 12.2. The van der Waals surface area contributed by atoms with E-state index in [2.05, 4.69) is 50.5 Å². The molecule has 1 heterocycles. The maximum absolute atomic E-state index is 12.2. The monoisotopic (exact) mass is 385 g/mol. The van der Waals surface area contributed by atoms with Crippen molar-refractivity contribution in [2.24, 2.45) is 0 Å². The van der Waals surface area contributed by atoms with E-state index in [4.69, 9.17) is 4.42 Å². The van der Waals surface area contributed by atoms with Crippen LogP contribution in [0.15, 0.2) is 57.4 Å². The van der Waals surface area contributed by atoms with Gasteiger partial charge in [0, 0.05) is 4.47 Å². The van der Waals surface area contributed by atoms with Gasteiger partial charge >= 0.3 is 6.01 Å². The molecule has 2 aromatic carbocycles. The zero-order chi connectivity index (χ0) is 16.9. The molecule has 0 aliphatic rings. The number of carbonyl (C=O) groups is 1. The minimum absolute atomic E-state index is 0.0935. The van der Waals surface area contributed by atoms with Crippen LogP contribution in [0.2, 0.25) is 0 Å². The van der Waals surface area contributed by atoms with Crippen molar-refractivity contribution < 1.29 is 9.21 Å². The van der Waals surface area contributed by atoms with Crippen molar-refractivity contribution in [2.45, 2.75) is 19.8 Å². The van der Waals surface area contributed by atoms with Gasteiger partial charge in [-0.1, -0.05) is 48.4 Å². The number of aromatic nitrogens is 2. The standard InChI is InChI=1S/C18H16BrN3O2/c1-2-12-7-9-13(10-8-12)11-16-21-22-18(24-16)20-17(23)14-5-3-4-6-15(14)19/h3-10H,2,11H2,1H3,(H,20,22,23). The first-order valence-electron chi connectivity index (χ1n) is 7.62. The van der Waals surface area contributed by atoms with Crippen LogP contribution in [0.5, 0.6) is 0 Å². The van der Waals surface area contributed by atoms with Gasteiger partial charge in [-0.25, -0.2) is 0 Å². The number of aryl methyl sites for hydroxylation is 1. The molecule has 0 fully saturated rings. The number of nitrogens with zero attached hydrogens (tertiary/aromatic N) is 2. The summed E-state index contributed by atoms with van der Waals surface area (Å²) < 4.78 is 6.21. The lowest BCUT2D eigenvalue weighted by atomic mass is 10.1. The summed E-state index contributed by atoms with van der Waals surface area (Å²) in [7, 11) is 0. The molecule has 0 radical (unpaired) electrons. The molecule has 24 heavy (non-hydrogen) atoms. The van der Waals surface area contributed by atoms with Gasteiger partial charge in [0.2, 0.25) is 5.89 Å². The molecular formula is C18H16BrN3O2. The van der Waals surface area contributed by atoms with E-state index < -0.39 is 0 Å². The molecule has 5 nitrogen and oxygen atoms in total. The van der Waals surface area contributed by atoms with Crippen LogP contribution >= 0.6 is 15.9 Å². The highest BCUT2D eigenvalue weighted by molar-refractivity contribution is 9.10. The molecule has 1 aromatic heterocycles. The average molecular weight is 386 g/mol. The molecule has 3 aromatic rings. The van der Waals surface area contributed by atoms with Crippen molar-refractivity contribution in [1.29, 1.82) is 0 Å². The van der Waals surface area contributed by atoms with Crippen LogP contribution < -0.4 is 5.32 Å². The SMILES string of the molecule is CCc1ccc(Cc2nnc(NC(=O)c3ccccc3Br)o2)cc1. The fraction of sp³-hybridized carbons (Fsp3) is 0.167. The minimum atomic E-state index is -0.301. The molecule has 0 aliphatic heterocycles. The lowest BCUT2D eigenvalue weighted by Gasteiger charge is -2.02. The molecule has 0 saturated heterocycles. The molecule has 3 rings (SSSR count). The fourth-order valence-electron chi connectivity index (χ4n) is 2.25. The number of halogens is 1. The van der Waals surface area contributed by atoms with Crippen LogP contribution in [0, 0.1) is 0 Å². The second-order valence-electron chi connectivity index (χ2n) is 5.28. The predicted octanol–water partition coefficient (Wildman–Crippen LogP) is 4.24. The summed E-state index contributed by atoms with van der Waals surface area (Å²) in [6.07, 6.45) is 1.54. The topological polar surface area (TPSA) is 68.0 Å². The quantitative estimate of drug-likeness (QED) is 0.712. The number of amides is 1. The third-order valence-electron chi connectivity index (χ3n) is 3.59. The first-order valence-corrected chi connectivity index (χ1v) is 8.41. The van der Waals surface area contributed by atoms with Crippen molar-refractivity contribution in [2.75, 3.05) is 5.32 Å². The Labute approximate surface area is 148 Å². The Kier molecular flexibility index (Phi) is 5.05. The Morgan fingerprint density at radius 2 is 1.79 bits per heavy atom. The normalized spacial score (nSPS) is 10.6. The molecule has 6 heteroatoms. The number of rotatable bonds is 5. The third-order valence-corrected chi connectivity index (χ3v) is 4.28. The Balaban J connectivity index is 1.67. The molecule has 1 amide bonds. The molecule has 122 valence electrons. The summed E-state index contributed by atoms with van der Waals surface area (Å²) in [5, 5.41) is 10.5. The maximum atomic E-state index is 12.2. The summed E-state index contributed by atoms with van der Waals surface area (Å²) in [6.45, 7) is 2.12. The van der Waals surface area contributed by atoms with Gasteiger partial charge in [0.25, 0.3) is 5.91 Å². The first kappa shape index (κ1) is 16.4. The second kappa shape index (κ2) is 7.40. The number of carbonyl (C=O) groups excluding carboxylic acids is 1. The maximum Gasteiger partial charge on any atom is 0.322 e. The lowest BCUT2D eigenvalue weighted by Crippen LogP contribution is -2.12. The Morgan fingerprint density at radius 3 is 2.50 bits per heavy atom. The predicted molar refractivity (Wildman–Crippen MR) is 95.0 cm³/mol. The number of anilines is 1. The van der Waals surface area contributed by atoms with Gasteiger partial charge in [-0.05, 0) is 45.6 Å². The van der Waals surface area contributed by atoms with E-state index in [1.807, 2.05) is 18.2 Å². The van der Waals surface area contributed by atoms with Crippen LogP contribution in [-0.2, 0) is 12.8 Å². The highest BCUT2D eigenvalue weighted by Crippen LogP contribution is 2.18. The van der Waals surface area contributed by atoms with Crippen LogP contribution in [0.3, 0.4) is 0 Å². The van der Waals surface area contributed by atoms with Gasteiger partial charge < -0.3 is 4.42 Å². The highest BCUT2D eigenvalue weighted by atomic mass is 79.9. The summed E-state index contributed by atoms with van der Waals surface area (Å²) >= 11 is 3.34. The Hall–Kier alpha value is -2.47. The molecule has 0 unspecified atom stereocenters. The van der Waals surface area contributed by atoms with Crippen molar-refractivity contribution in [3.05, 3.63) is 75.6 Å². The summed E-state index contributed by atoms with van der Waals surface area (Å²) in [5.41, 5.74) is 2.87. The summed E-state index contributed by atoms with van der Waals surface area (Å²) in [5.74, 6) is 0.159. The van der Waals surface area contributed by atoms with E-state index in [1.165, 1.54) is 5.56 Å². The van der Waals surface area contributed by atoms with Crippen LogP contribution in [0.4, 0.5) is 6.01 Å². The average Bonchev–Trinajstić information content (AvgIpc) is 3.02. The second-order valence-corrected chi connectivity index (χ2v) is 6.14. The molecule has 1 N–H and O–H groups in total. The van der Waals surface area contributed by atoms with Gasteiger partial charge in [-0.2, -0.15) is 0 Å². The number of nitrogens with one attached hydrogen (secondary N) is 1. The van der Waals surface area contributed by atoms with Gasteiger partial charge in [0.15, 0.2) is 0 Å². The summed E-state index contributed by atoms with van der Waals surface area (Å²) in [6, 6.07) is 15.5. The van der Waals surface area contributed by atoms with Crippen molar-refractivity contribution in [3.8, 4) is 0 Å². The number of hydrogen-bond donors (Lipinski definition) is 1. The van der Waals surface area contributed by atoms with Crippen molar-refractivity contribution in [3.63, 3.8) is 0 Å². The zero-order valence-electron chi connectivity index (χ0n) is 13.1. The van der Waals surface area contributed by atoms with E-state index >= 15 is 0 Å². The van der Waals surface area contributed by atoms with E-state index in [1.54, 1.807) is 18.2 Å². The van der Waals surface area contributed by atoms with E-state index in [9.17, 15) is 4.79 Å². The molecule has 0 atom stereocenters. The fourth-order valence-corrected chi connectivity index (χ4v) is 2.72. The zero-order valence-corrected chi connectivity index (χ0v) is 14.7. The van der Waals surface area contributed by atoms with Gasteiger partial charge in [0.1, 0.15) is 0 Å². The van der Waals surface area contributed by atoms with Crippen molar-refractivity contribution in [1.82, 2.24) is 10.2 Å². The Bertz CT molecular complexity index is 843. The van der Waals surface area contributed by atoms with Gasteiger partial charge in [0.05, 0.1) is 12.0 Å². The molecule has 0 saturated carbocycles. The van der Waals surface area contributed by atoms with Gasteiger partial charge in [-0.3, -0.25) is 10.1 Å². The smallest absolute Gasteiger partial charge is 0.322 e. The van der Waals surface area contributed by atoms with E-state index in [0.717, 1.165) is 12.0 Å². The number of benzene rings is 2. The van der Waals surface area contributed by atoms with Crippen LogP contribution in [-0.4, -0.2) is 16.1 Å². The molecule has 0 bridgehead atoms. The third kappa shape index (κ3) is 3.89. The van der Waals surface area contributed by atoms with Gasteiger partial charge in [-0.15, -0.1) is 5.10 Å². The van der Waals surface area contributed by atoms with Crippen molar-refractivity contribution >= 4 is 27.9 Å². The van der Waals surface area contributed by atoms with Crippen LogP contribution in [0.25, 0.3) is 0 Å². The van der Waals surface area contributed by atoms with E-state index in [0.29, 0.717) is 22.3 Å².